The van der Waals surface area contributed by atoms with E-state index in [0.717, 1.165) is 23.5 Å². The number of ether oxygens (including phenoxy) is 2. The molecule has 0 bridgehead atoms. The molecule has 0 heterocycles. The minimum atomic E-state index is 0.0884. The number of hydrogen-bond donors (Lipinski definition) is 1. The summed E-state index contributed by atoms with van der Waals surface area (Å²) in [6.07, 6.45) is 6.33. The fraction of sp³-hybridized carbons (Fsp3) is 0.467. The minimum Gasteiger partial charge on any atom is -0.493 e. The van der Waals surface area contributed by atoms with Crippen LogP contribution < -0.4 is 14.8 Å². The van der Waals surface area contributed by atoms with Crippen LogP contribution in [0.25, 0.3) is 0 Å². The Hall–Kier alpha value is -1.66. The molecule has 1 rings (SSSR count). The molecule has 1 N–H and O–H groups in total. The Morgan fingerprint density at radius 1 is 1.39 bits per heavy atom. The lowest BCUT2D eigenvalue weighted by Crippen LogP contribution is -2.26. The van der Waals surface area contributed by atoms with Crippen LogP contribution in [0.4, 0.5) is 0 Å². The zero-order chi connectivity index (χ0) is 13.4. The van der Waals surface area contributed by atoms with E-state index < -0.39 is 0 Å². The molecular weight excluding hydrogens is 226 g/mol. The van der Waals surface area contributed by atoms with Gasteiger partial charge in [0.1, 0.15) is 0 Å². The molecule has 0 aliphatic carbocycles. The van der Waals surface area contributed by atoms with Crippen molar-refractivity contribution in [2.24, 2.45) is 0 Å². The zero-order valence-corrected chi connectivity index (χ0v) is 11.3. The molecule has 0 saturated heterocycles. The highest BCUT2D eigenvalue weighted by atomic mass is 16.5. The van der Waals surface area contributed by atoms with Crippen LogP contribution in [-0.2, 0) is 6.54 Å². The average molecular weight is 247 g/mol. The van der Waals surface area contributed by atoms with E-state index in [1.54, 1.807) is 7.11 Å². The van der Waals surface area contributed by atoms with Crippen LogP contribution in [-0.4, -0.2) is 19.8 Å². The highest BCUT2D eigenvalue weighted by Crippen LogP contribution is 2.30. The van der Waals surface area contributed by atoms with Gasteiger partial charge in [0, 0.05) is 12.1 Å². The maximum Gasteiger partial charge on any atom is 0.165 e. The summed E-state index contributed by atoms with van der Waals surface area (Å²) in [5, 5.41) is 3.31. The lowest BCUT2D eigenvalue weighted by molar-refractivity contribution is 0.308. The molecule has 3 heteroatoms. The quantitative estimate of drug-likeness (QED) is 0.751. The first-order valence-corrected chi connectivity index (χ1v) is 6.24. The summed E-state index contributed by atoms with van der Waals surface area (Å²) in [5.74, 6) is 4.26. The van der Waals surface area contributed by atoms with Crippen LogP contribution in [0.1, 0.15) is 25.8 Å². The predicted octanol–water partition coefficient (Wildman–Crippen LogP) is 2.60. The molecule has 0 aliphatic rings. The van der Waals surface area contributed by atoms with Gasteiger partial charge in [-0.3, -0.25) is 5.32 Å². The van der Waals surface area contributed by atoms with Crippen LogP contribution in [0.5, 0.6) is 11.5 Å². The maximum absolute atomic E-state index is 5.53. The molecule has 18 heavy (non-hydrogen) atoms. The van der Waals surface area contributed by atoms with E-state index in [-0.39, 0.29) is 6.04 Å². The summed E-state index contributed by atoms with van der Waals surface area (Å²) in [7, 11) is 1.65. The summed E-state index contributed by atoms with van der Waals surface area (Å²) in [6.45, 7) is 5.31. The van der Waals surface area contributed by atoms with Crippen molar-refractivity contribution in [2.45, 2.75) is 32.9 Å². The lowest BCUT2D eigenvalue weighted by Gasteiger charge is -2.16. The summed E-state index contributed by atoms with van der Waals surface area (Å²) in [5.41, 5.74) is 1.05. The summed E-state index contributed by atoms with van der Waals surface area (Å²) < 4.78 is 10.9. The van der Waals surface area contributed by atoms with Crippen molar-refractivity contribution in [3.05, 3.63) is 23.8 Å². The number of terminal acetylenes is 1. The van der Waals surface area contributed by atoms with Crippen LogP contribution >= 0.6 is 0 Å². The number of nitrogens with one attached hydrogen (secondary N) is 1. The smallest absolute Gasteiger partial charge is 0.165 e. The summed E-state index contributed by atoms with van der Waals surface area (Å²) in [4.78, 5) is 0. The molecule has 0 saturated carbocycles. The van der Waals surface area contributed by atoms with Gasteiger partial charge in [-0.2, -0.15) is 0 Å². The highest BCUT2D eigenvalue weighted by Gasteiger charge is 2.10. The van der Waals surface area contributed by atoms with E-state index in [4.69, 9.17) is 15.9 Å². The fourth-order valence-corrected chi connectivity index (χ4v) is 1.76. The summed E-state index contributed by atoms with van der Waals surface area (Å²) >= 11 is 0. The van der Waals surface area contributed by atoms with Crippen LogP contribution in [0.2, 0.25) is 0 Å². The minimum absolute atomic E-state index is 0.0884. The van der Waals surface area contributed by atoms with Gasteiger partial charge < -0.3 is 9.47 Å². The first kappa shape index (κ1) is 14.4. The van der Waals surface area contributed by atoms with Gasteiger partial charge in [-0.1, -0.05) is 25.0 Å². The number of hydrogen-bond acceptors (Lipinski definition) is 3. The Morgan fingerprint density at radius 2 is 2.17 bits per heavy atom. The van der Waals surface area contributed by atoms with Crippen LogP contribution in [0, 0.1) is 12.3 Å². The Kier molecular flexibility index (Phi) is 6.10. The molecule has 0 aliphatic heterocycles. The Labute approximate surface area is 109 Å². The normalized spacial score (nSPS) is 11.7. The third kappa shape index (κ3) is 3.68. The van der Waals surface area contributed by atoms with Gasteiger partial charge in [0.25, 0.3) is 0 Å². The number of benzene rings is 1. The van der Waals surface area contributed by atoms with Gasteiger partial charge in [-0.05, 0) is 19.4 Å². The van der Waals surface area contributed by atoms with E-state index in [0.29, 0.717) is 13.2 Å². The van der Waals surface area contributed by atoms with Gasteiger partial charge in [-0.15, -0.1) is 6.42 Å². The van der Waals surface area contributed by atoms with Gasteiger partial charge in [-0.25, -0.2) is 0 Å². The molecule has 0 fully saturated rings. The first-order chi connectivity index (χ1) is 8.76. The van der Waals surface area contributed by atoms with Crippen molar-refractivity contribution in [3.63, 3.8) is 0 Å². The third-order valence-electron chi connectivity index (χ3n) is 2.71. The van der Waals surface area contributed by atoms with E-state index in [9.17, 15) is 0 Å². The largest absolute Gasteiger partial charge is 0.493 e. The van der Waals surface area contributed by atoms with E-state index in [1.807, 2.05) is 25.1 Å². The molecule has 1 atom stereocenters. The van der Waals surface area contributed by atoms with Gasteiger partial charge in [0.15, 0.2) is 11.5 Å². The van der Waals surface area contributed by atoms with Crippen LogP contribution in [0.3, 0.4) is 0 Å². The van der Waals surface area contributed by atoms with Crippen molar-refractivity contribution >= 4 is 0 Å². The van der Waals surface area contributed by atoms with Crippen molar-refractivity contribution in [3.8, 4) is 23.8 Å². The highest BCUT2D eigenvalue weighted by molar-refractivity contribution is 5.46. The van der Waals surface area contributed by atoms with Crippen molar-refractivity contribution in [2.75, 3.05) is 13.7 Å². The molecule has 1 aromatic rings. The predicted molar refractivity (Wildman–Crippen MR) is 73.9 cm³/mol. The number of methoxy groups -OCH3 is 1. The molecule has 1 unspecified atom stereocenters. The molecule has 0 aromatic heterocycles. The SMILES string of the molecule is C#CC(CC)NCc1cccc(OCC)c1OC. The maximum atomic E-state index is 5.53. The number of para-hydroxylation sites is 1. The monoisotopic (exact) mass is 247 g/mol. The molecular formula is C15H21NO2. The van der Waals surface area contributed by atoms with E-state index >= 15 is 0 Å². The number of rotatable bonds is 7. The van der Waals surface area contributed by atoms with Gasteiger partial charge in [0.05, 0.1) is 19.8 Å². The zero-order valence-electron chi connectivity index (χ0n) is 11.3. The average Bonchev–Trinajstić information content (AvgIpc) is 2.40. The van der Waals surface area contributed by atoms with Crippen LogP contribution in [0.15, 0.2) is 18.2 Å². The topological polar surface area (TPSA) is 30.5 Å². The van der Waals surface area contributed by atoms with Crippen molar-refractivity contribution in [1.29, 1.82) is 0 Å². The Bertz CT molecular complexity index is 409. The van der Waals surface area contributed by atoms with Gasteiger partial charge in [0.2, 0.25) is 0 Å². The van der Waals surface area contributed by atoms with E-state index in [1.165, 1.54) is 0 Å². The second-order valence-electron chi connectivity index (χ2n) is 3.89. The molecule has 0 spiro atoms. The molecule has 0 radical (unpaired) electrons. The Balaban J connectivity index is 2.82. The second kappa shape index (κ2) is 7.62. The third-order valence-corrected chi connectivity index (χ3v) is 2.71. The molecule has 0 amide bonds. The lowest BCUT2D eigenvalue weighted by atomic mass is 10.1. The Morgan fingerprint density at radius 3 is 2.72 bits per heavy atom. The van der Waals surface area contributed by atoms with Crippen molar-refractivity contribution < 1.29 is 9.47 Å². The molecule has 3 nitrogen and oxygen atoms in total. The van der Waals surface area contributed by atoms with E-state index in [2.05, 4.69) is 18.2 Å². The van der Waals surface area contributed by atoms with Crippen molar-refractivity contribution in [1.82, 2.24) is 5.32 Å². The second-order valence-corrected chi connectivity index (χ2v) is 3.89. The first-order valence-electron chi connectivity index (χ1n) is 6.24. The molecule has 1 aromatic carbocycles. The van der Waals surface area contributed by atoms with Gasteiger partial charge >= 0.3 is 0 Å². The molecule has 98 valence electrons. The fourth-order valence-electron chi connectivity index (χ4n) is 1.76. The standard InChI is InChI=1S/C15H21NO2/c1-5-13(6-2)16-11-12-9-8-10-14(18-7-3)15(12)17-4/h1,8-10,13,16H,6-7,11H2,2-4H3. The summed E-state index contributed by atoms with van der Waals surface area (Å²) in [6, 6.07) is 5.97.